The number of halogens is 3. The van der Waals surface area contributed by atoms with E-state index in [0.717, 1.165) is 6.07 Å². The van der Waals surface area contributed by atoms with Crippen LogP contribution in [0.15, 0.2) is 36.7 Å². The number of fused-ring (bicyclic) bond motifs is 1. The summed E-state index contributed by atoms with van der Waals surface area (Å²) in [5.74, 6) is 0.218. The van der Waals surface area contributed by atoms with E-state index in [2.05, 4.69) is 25.7 Å². The average Bonchev–Trinajstić information content (AvgIpc) is 3.41. The SMILES string of the molecule is Cc1cc(C(F)(F)F)nc(CCNC(=O)Cn2cc(NC(=O)c3ccc4c(c3)OCO4)cn2)n1. The van der Waals surface area contributed by atoms with Crippen molar-refractivity contribution < 1.29 is 32.2 Å². The summed E-state index contributed by atoms with van der Waals surface area (Å²) in [7, 11) is 0. The molecule has 4 rings (SSSR count). The van der Waals surface area contributed by atoms with Crippen LogP contribution in [0.4, 0.5) is 18.9 Å². The van der Waals surface area contributed by atoms with Crippen molar-refractivity contribution in [2.45, 2.75) is 26.1 Å². The fraction of sp³-hybridized carbons (Fsp3) is 0.286. The van der Waals surface area contributed by atoms with Gasteiger partial charge in [-0.2, -0.15) is 18.3 Å². The summed E-state index contributed by atoms with van der Waals surface area (Å²) in [6, 6.07) is 5.65. The molecule has 2 aromatic heterocycles. The number of carbonyl (C=O) groups is 2. The monoisotopic (exact) mass is 476 g/mol. The van der Waals surface area contributed by atoms with Gasteiger partial charge in [0.1, 0.15) is 18.1 Å². The average molecular weight is 476 g/mol. The smallest absolute Gasteiger partial charge is 0.433 e. The van der Waals surface area contributed by atoms with Gasteiger partial charge in [-0.1, -0.05) is 0 Å². The van der Waals surface area contributed by atoms with Crippen LogP contribution >= 0.6 is 0 Å². The number of carbonyl (C=O) groups excluding carboxylic acids is 2. The van der Waals surface area contributed by atoms with Crippen LogP contribution in [0.2, 0.25) is 0 Å². The zero-order valence-electron chi connectivity index (χ0n) is 17.8. The van der Waals surface area contributed by atoms with Crippen molar-refractivity contribution >= 4 is 17.5 Å². The lowest BCUT2D eigenvalue weighted by Gasteiger charge is -2.09. The maximum atomic E-state index is 12.9. The molecule has 178 valence electrons. The Bertz CT molecular complexity index is 1230. The molecule has 0 unspecified atom stereocenters. The number of nitrogens with one attached hydrogen (secondary N) is 2. The largest absolute Gasteiger partial charge is 0.454 e. The van der Waals surface area contributed by atoms with Crippen LogP contribution in [0.1, 0.15) is 27.6 Å². The standard InChI is InChI=1S/C21H19F3N6O4/c1-12-6-17(21(22,23)24)29-18(27-12)4-5-25-19(31)10-30-9-14(8-26-30)28-20(32)13-2-3-15-16(7-13)34-11-33-15/h2-3,6-9H,4-5,10-11H2,1H3,(H,25,31)(H,28,32). The van der Waals surface area contributed by atoms with Gasteiger partial charge in [0.25, 0.3) is 5.91 Å². The lowest BCUT2D eigenvalue weighted by molar-refractivity contribution is -0.141. The number of hydrogen-bond acceptors (Lipinski definition) is 7. The highest BCUT2D eigenvalue weighted by Crippen LogP contribution is 2.32. The predicted octanol–water partition coefficient (Wildman–Crippen LogP) is 2.34. The maximum Gasteiger partial charge on any atom is 0.433 e. The number of alkyl halides is 3. The summed E-state index contributed by atoms with van der Waals surface area (Å²) in [5, 5.41) is 9.28. The van der Waals surface area contributed by atoms with E-state index in [1.165, 1.54) is 24.0 Å². The summed E-state index contributed by atoms with van der Waals surface area (Å²) >= 11 is 0. The molecule has 2 amide bonds. The molecule has 1 aliphatic rings. The van der Waals surface area contributed by atoms with Crippen LogP contribution in [-0.2, 0) is 23.9 Å². The number of rotatable bonds is 7. The van der Waals surface area contributed by atoms with Crippen LogP contribution in [0, 0.1) is 6.92 Å². The van der Waals surface area contributed by atoms with Crippen molar-refractivity contribution in [1.82, 2.24) is 25.1 Å². The van der Waals surface area contributed by atoms with E-state index in [4.69, 9.17) is 9.47 Å². The molecule has 1 aromatic carbocycles. The van der Waals surface area contributed by atoms with Crippen LogP contribution in [-0.4, -0.2) is 44.9 Å². The lowest BCUT2D eigenvalue weighted by Crippen LogP contribution is -2.30. The molecular weight excluding hydrogens is 457 g/mol. The molecule has 13 heteroatoms. The van der Waals surface area contributed by atoms with Gasteiger partial charge in [0.05, 0.1) is 11.9 Å². The van der Waals surface area contributed by atoms with Crippen LogP contribution in [0.5, 0.6) is 11.5 Å². The molecule has 34 heavy (non-hydrogen) atoms. The van der Waals surface area contributed by atoms with Gasteiger partial charge in [0.2, 0.25) is 12.7 Å². The number of nitrogens with zero attached hydrogens (tertiary/aromatic N) is 4. The summed E-state index contributed by atoms with van der Waals surface area (Å²) < 4.78 is 50.4. The van der Waals surface area contributed by atoms with E-state index in [0.29, 0.717) is 22.7 Å². The zero-order chi connectivity index (χ0) is 24.3. The van der Waals surface area contributed by atoms with Crippen LogP contribution in [0.25, 0.3) is 0 Å². The van der Waals surface area contributed by atoms with Crippen molar-refractivity contribution in [2.24, 2.45) is 0 Å². The third-order valence-corrected chi connectivity index (χ3v) is 4.69. The molecule has 0 saturated heterocycles. The topological polar surface area (TPSA) is 120 Å². The molecule has 10 nitrogen and oxygen atoms in total. The highest BCUT2D eigenvalue weighted by Gasteiger charge is 2.33. The fourth-order valence-corrected chi connectivity index (χ4v) is 3.16. The zero-order valence-corrected chi connectivity index (χ0v) is 17.8. The molecule has 0 aliphatic carbocycles. The fourth-order valence-electron chi connectivity index (χ4n) is 3.16. The Balaban J connectivity index is 1.27. The Morgan fingerprint density at radius 3 is 2.74 bits per heavy atom. The molecule has 0 atom stereocenters. The van der Waals surface area contributed by atoms with Crippen molar-refractivity contribution in [1.29, 1.82) is 0 Å². The van der Waals surface area contributed by atoms with Crippen molar-refractivity contribution in [3.8, 4) is 11.5 Å². The van der Waals surface area contributed by atoms with Gasteiger partial charge in [-0.05, 0) is 31.2 Å². The summed E-state index contributed by atoms with van der Waals surface area (Å²) in [4.78, 5) is 32.0. The Morgan fingerprint density at radius 2 is 1.94 bits per heavy atom. The molecule has 0 bridgehead atoms. The van der Waals surface area contributed by atoms with E-state index in [9.17, 15) is 22.8 Å². The lowest BCUT2D eigenvalue weighted by atomic mass is 10.2. The highest BCUT2D eigenvalue weighted by molar-refractivity contribution is 6.04. The van der Waals surface area contributed by atoms with Crippen LogP contribution in [0.3, 0.4) is 0 Å². The minimum absolute atomic E-state index is 0.0137. The molecule has 2 N–H and O–H groups in total. The first-order chi connectivity index (χ1) is 16.2. The third-order valence-electron chi connectivity index (χ3n) is 4.69. The predicted molar refractivity (Wildman–Crippen MR) is 111 cm³/mol. The van der Waals surface area contributed by atoms with Crippen molar-refractivity contribution in [2.75, 3.05) is 18.7 Å². The molecular formula is C21H19F3N6O4. The van der Waals surface area contributed by atoms with Crippen LogP contribution < -0.4 is 20.1 Å². The van der Waals surface area contributed by atoms with E-state index in [1.54, 1.807) is 18.2 Å². The van der Waals surface area contributed by atoms with Gasteiger partial charge in [-0.3, -0.25) is 14.3 Å². The van der Waals surface area contributed by atoms with E-state index >= 15 is 0 Å². The number of anilines is 1. The Hall–Kier alpha value is -4.16. The van der Waals surface area contributed by atoms with Crippen molar-refractivity contribution in [3.63, 3.8) is 0 Å². The number of ether oxygens (including phenoxy) is 2. The van der Waals surface area contributed by atoms with Crippen molar-refractivity contribution in [3.05, 3.63) is 59.4 Å². The van der Waals surface area contributed by atoms with E-state index in [-0.39, 0.29) is 37.8 Å². The van der Waals surface area contributed by atoms with E-state index in [1.807, 2.05) is 0 Å². The number of amides is 2. The van der Waals surface area contributed by atoms with Gasteiger partial charge >= 0.3 is 6.18 Å². The van der Waals surface area contributed by atoms with Gasteiger partial charge in [0, 0.05) is 30.4 Å². The number of aromatic nitrogens is 4. The first-order valence-corrected chi connectivity index (χ1v) is 10.1. The molecule has 0 spiro atoms. The number of aryl methyl sites for hydroxylation is 1. The van der Waals surface area contributed by atoms with Gasteiger partial charge in [0.15, 0.2) is 11.5 Å². The quantitative estimate of drug-likeness (QED) is 0.537. The number of benzene rings is 1. The first-order valence-electron chi connectivity index (χ1n) is 10.1. The minimum atomic E-state index is -4.57. The normalized spacial score (nSPS) is 12.5. The molecule has 0 fully saturated rings. The Kier molecular flexibility index (Phi) is 6.34. The molecule has 1 aliphatic heterocycles. The number of hydrogen-bond donors (Lipinski definition) is 2. The van der Waals surface area contributed by atoms with Gasteiger partial charge in [-0.25, -0.2) is 9.97 Å². The third kappa shape index (κ3) is 5.60. The molecule has 3 aromatic rings. The molecule has 3 heterocycles. The second-order valence-corrected chi connectivity index (χ2v) is 7.36. The second kappa shape index (κ2) is 9.37. The summed E-state index contributed by atoms with van der Waals surface area (Å²) in [5.41, 5.74) is -0.0891. The second-order valence-electron chi connectivity index (χ2n) is 7.36. The summed E-state index contributed by atoms with van der Waals surface area (Å²) in [6.45, 7) is 1.44. The highest BCUT2D eigenvalue weighted by atomic mass is 19.4. The Morgan fingerprint density at radius 1 is 1.15 bits per heavy atom. The summed E-state index contributed by atoms with van der Waals surface area (Å²) in [6.07, 6.45) is -1.67. The molecule has 0 radical (unpaired) electrons. The maximum absolute atomic E-state index is 12.9. The van der Waals surface area contributed by atoms with Gasteiger partial charge in [-0.15, -0.1) is 0 Å². The van der Waals surface area contributed by atoms with E-state index < -0.39 is 23.7 Å². The molecule has 0 saturated carbocycles. The minimum Gasteiger partial charge on any atom is -0.454 e. The van der Waals surface area contributed by atoms with Gasteiger partial charge < -0.3 is 20.1 Å². The first kappa shape index (κ1) is 23.0. The Labute approximate surface area is 191 Å².